The first-order chi connectivity index (χ1) is 6.20. The standard InChI is InChI=1S/C11H14NO/c1-9(2)8-13-11(12)10-6-4-3-5-7-10/h3-4,6-7,9,12H,8H2,1-2H3. The highest BCUT2D eigenvalue weighted by Gasteiger charge is 2.02. The van der Waals surface area contributed by atoms with E-state index in [-0.39, 0.29) is 5.90 Å². The second kappa shape index (κ2) is 4.65. The third-order valence-electron chi connectivity index (χ3n) is 1.53. The zero-order valence-corrected chi connectivity index (χ0v) is 8.00. The summed E-state index contributed by atoms with van der Waals surface area (Å²) in [6, 6.07) is 10.2. The van der Waals surface area contributed by atoms with Gasteiger partial charge in [0, 0.05) is 5.56 Å². The van der Waals surface area contributed by atoms with Crippen LogP contribution in [0.1, 0.15) is 19.4 Å². The van der Waals surface area contributed by atoms with Gasteiger partial charge in [-0.15, -0.1) is 0 Å². The Morgan fingerprint density at radius 1 is 1.62 bits per heavy atom. The molecular weight excluding hydrogens is 162 g/mol. The fraction of sp³-hybridized carbons (Fsp3) is 0.364. The summed E-state index contributed by atoms with van der Waals surface area (Å²) < 4.78 is 5.25. The fourth-order valence-electron chi connectivity index (χ4n) is 0.868. The maximum absolute atomic E-state index is 7.58. The zero-order chi connectivity index (χ0) is 9.68. The molecule has 0 atom stereocenters. The number of nitrogens with one attached hydrogen (secondary N) is 1. The van der Waals surface area contributed by atoms with E-state index >= 15 is 0 Å². The molecule has 2 heteroatoms. The number of ether oxygens (including phenoxy) is 1. The summed E-state index contributed by atoms with van der Waals surface area (Å²) in [6.45, 7) is 4.71. The first kappa shape index (κ1) is 9.78. The van der Waals surface area contributed by atoms with Crippen molar-refractivity contribution in [2.75, 3.05) is 6.61 Å². The molecule has 0 unspecified atom stereocenters. The van der Waals surface area contributed by atoms with Crippen LogP contribution in [0.15, 0.2) is 24.3 Å². The Kier molecular flexibility index (Phi) is 3.50. The van der Waals surface area contributed by atoms with Crippen LogP contribution in [0.4, 0.5) is 0 Å². The molecule has 0 heterocycles. The molecule has 1 radical (unpaired) electrons. The van der Waals surface area contributed by atoms with E-state index in [4.69, 9.17) is 10.1 Å². The largest absolute Gasteiger partial charge is 0.477 e. The van der Waals surface area contributed by atoms with Crippen LogP contribution in [-0.2, 0) is 4.74 Å². The lowest BCUT2D eigenvalue weighted by atomic mass is 10.2. The second-order valence-corrected chi connectivity index (χ2v) is 3.33. The lowest BCUT2D eigenvalue weighted by Gasteiger charge is -2.08. The highest BCUT2D eigenvalue weighted by atomic mass is 16.5. The smallest absolute Gasteiger partial charge is 0.213 e. The van der Waals surface area contributed by atoms with Gasteiger partial charge in [-0.25, -0.2) is 0 Å². The first-order valence-electron chi connectivity index (χ1n) is 4.38. The fourth-order valence-corrected chi connectivity index (χ4v) is 0.868. The van der Waals surface area contributed by atoms with Gasteiger partial charge in [-0.1, -0.05) is 26.0 Å². The average Bonchev–Trinajstić information content (AvgIpc) is 2.15. The van der Waals surface area contributed by atoms with E-state index in [0.717, 1.165) is 5.56 Å². The van der Waals surface area contributed by atoms with Gasteiger partial charge in [0.25, 0.3) is 0 Å². The molecule has 1 N–H and O–H groups in total. The summed E-state index contributed by atoms with van der Waals surface area (Å²) in [6.07, 6.45) is 0. The summed E-state index contributed by atoms with van der Waals surface area (Å²) in [7, 11) is 0. The van der Waals surface area contributed by atoms with Crippen LogP contribution in [-0.4, -0.2) is 12.5 Å². The van der Waals surface area contributed by atoms with Crippen molar-refractivity contribution in [1.82, 2.24) is 0 Å². The minimum Gasteiger partial charge on any atom is -0.477 e. The van der Waals surface area contributed by atoms with Gasteiger partial charge in [-0.3, -0.25) is 5.41 Å². The van der Waals surface area contributed by atoms with Crippen LogP contribution in [0.3, 0.4) is 0 Å². The predicted octanol–water partition coefficient (Wildman–Crippen LogP) is 2.48. The highest BCUT2D eigenvalue weighted by Crippen LogP contribution is 2.02. The molecule has 0 fully saturated rings. The lowest BCUT2D eigenvalue weighted by Crippen LogP contribution is -2.09. The first-order valence-corrected chi connectivity index (χ1v) is 4.38. The van der Waals surface area contributed by atoms with Gasteiger partial charge >= 0.3 is 0 Å². The molecule has 13 heavy (non-hydrogen) atoms. The SMILES string of the molecule is CC(C)COC(=N)c1c[c]ccc1. The number of hydrogen-bond acceptors (Lipinski definition) is 2. The zero-order valence-electron chi connectivity index (χ0n) is 8.00. The third-order valence-corrected chi connectivity index (χ3v) is 1.53. The maximum Gasteiger partial charge on any atom is 0.213 e. The van der Waals surface area contributed by atoms with Crippen molar-refractivity contribution in [3.8, 4) is 0 Å². The minimum atomic E-state index is 0.227. The minimum absolute atomic E-state index is 0.227. The molecule has 1 rings (SSSR count). The van der Waals surface area contributed by atoms with Gasteiger partial charge < -0.3 is 4.74 Å². The Balaban J connectivity index is 2.50. The van der Waals surface area contributed by atoms with Gasteiger partial charge in [0.1, 0.15) is 0 Å². The molecule has 0 spiro atoms. The second-order valence-electron chi connectivity index (χ2n) is 3.33. The summed E-state index contributed by atoms with van der Waals surface area (Å²) >= 11 is 0. The summed E-state index contributed by atoms with van der Waals surface area (Å²) in [5.41, 5.74) is 0.781. The van der Waals surface area contributed by atoms with Crippen molar-refractivity contribution in [3.05, 3.63) is 35.9 Å². The Morgan fingerprint density at radius 2 is 2.38 bits per heavy atom. The number of benzene rings is 1. The predicted molar refractivity (Wildman–Crippen MR) is 52.9 cm³/mol. The van der Waals surface area contributed by atoms with Crippen LogP contribution in [0.25, 0.3) is 0 Å². The molecule has 69 valence electrons. The molecular formula is C11H14NO. The normalized spacial score (nSPS) is 10.1. The van der Waals surface area contributed by atoms with E-state index in [1.807, 2.05) is 12.1 Å². The topological polar surface area (TPSA) is 33.1 Å². The molecule has 2 nitrogen and oxygen atoms in total. The molecule has 0 saturated heterocycles. The van der Waals surface area contributed by atoms with Gasteiger partial charge in [0.05, 0.1) is 6.61 Å². The van der Waals surface area contributed by atoms with Gasteiger partial charge in [0.2, 0.25) is 5.90 Å². The third kappa shape index (κ3) is 3.28. The Labute approximate surface area is 79.1 Å². The molecule has 0 saturated carbocycles. The molecule has 0 aliphatic heterocycles. The van der Waals surface area contributed by atoms with Crippen LogP contribution in [0.5, 0.6) is 0 Å². The molecule has 0 aromatic heterocycles. The number of hydrogen-bond donors (Lipinski definition) is 1. The summed E-state index contributed by atoms with van der Waals surface area (Å²) in [5.74, 6) is 0.679. The van der Waals surface area contributed by atoms with Crippen molar-refractivity contribution in [2.45, 2.75) is 13.8 Å². The Morgan fingerprint density at radius 3 is 2.92 bits per heavy atom. The Bertz CT molecular complexity index is 267. The summed E-state index contributed by atoms with van der Waals surface area (Å²) in [5, 5.41) is 7.58. The summed E-state index contributed by atoms with van der Waals surface area (Å²) in [4.78, 5) is 0. The van der Waals surface area contributed by atoms with E-state index in [1.54, 1.807) is 12.1 Å². The monoisotopic (exact) mass is 176 g/mol. The quantitative estimate of drug-likeness (QED) is 0.557. The van der Waals surface area contributed by atoms with Crippen molar-refractivity contribution in [3.63, 3.8) is 0 Å². The van der Waals surface area contributed by atoms with Crippen LogP contribution < -0.4 is 0 Å². The Hall–Kier alpha value is -1.31. The van der Waals surface area contributed by atoms with E-state index in [1.165, 1.54) is 0 Å². The van der Waals surface area contributed by atoms with Gasteiger partial charge in [-0.05, 0) is 24.1 Å². The van der Waals surface area contributed by atoms with Crippen LogP contribution in [0.2, 0.25) is 0 Å². The van der Waals surface area contributed by atoms with E-state index in [9.17, 15) is 0 Å². The number of rotatable bonds is 3. The lowest BCUT2D eigenvalue weighted by molar-refractivity contribution is 0.257. The van der Waals surface area contributed by atoms with Gasteiger partial charge in [0.15, 0.2) is 0 Å². The maximum atomic E-state index is 7.58. The average molecular weight is 176 g/mol. The van der Waals surface area contributed by atoms with Gasteiger partial charge in [-0.2, -0.15) is 0 Å². The van der Waals surface area contributed by atoms with Crippen LogP contribution >= 0.6 is 0 Å². The highest BCUT2D eigenvalue weighted by molar-refractivity contribution is 5.91. The molecule has 1 aromatic carbocycles. The van der Waals surface area contributed by atoms with Crippen molar-refractivity contribution in [1.29, 1.82) is 5.41 Å². The molecule has 0 amide bonds. The van der Waals surface area contributed by atoms with Crippen LogP contribution in [0, 0.1) is 17.4 Å². The molecule has 0 aliphatic carbocycles. The molecule has 1 aromatic rings. The van der Waals surface area contributed by atoms with Crippen molar-refractivity contribution >= 4 is 5.90 Å². The van der Waals surface area contributed by atoms with Crippen molar-refractivity contribution in [2.24, 2.45) is 5.92 Å². The van der Waals surface area contributed by atoms with E-state index < -0.39 is 0 Å². The van der Waals surface area contributed by atoms with Crippen molar-refractivity contribution < 1.29 is 4.74 Å². The molecule has 0 bridgehead atoms. The van der Waals surface area contributed by atoms with E-state index in [2.05, 4.69) is 19.9 Å². The molecule has 0 aliphatic rings. The van der Waals surface area contributed by atoms with E-state index in [0.29, 0.717) is 12.5 Å².